The van der Waals surface area contributed by atoms with E-state index in [1.807, 2.05) is 69.4 Å². The van der Waals surface area contributed by atoms with Gasteiger partial charge >= 0.3 is 0 Å². The van der Waals surface area contributed by atoms with Crippen LogP contribution in [0, 0.1) is 23.0 Å². The second kappa shape index (κ2) is 12.8. The molecule has 0 fully saturated rings. The van der Waals surface area contributed by atoms with Crippen molar-refractivity contribution in [2.24, 2.45) is 5.92 Å². The number of fused-ring (bicyclic) bond motifs is 1. The monoisotopic (exact) mass is 560 g/mol. The number of aromatic amines is 1. The van der Waals surface area contributed by atoms with Crippen LogP contribution in [0.15, 0.2) is 72.9 Å². The summed E-state index contributed by atoms with van der Waals surface area (Å²) in [6.07, 6.45) is 2.62. The van der Waals surface area contributed by atoms with Gasteiger partial charge < -0.3 is 14.8 Å². The number of aryl methyl sites for hydroxylation is 1. The van der Waals surface area contributed by atoms with Gasteiger partial charge in [0, 0.05) is 48.9 Å². The lowest BCUT2D eigenvalue weighted by Crippen LogP contribution is -2.44. The van der Waals surface area contributed by atoms with Gasteiger partial charge in [-0.3, -0.25) is 19.7 Å². The highest BCUT2D eigenvalue weighted by molar-refractivity contribution is 6.34. The maximum atomic E-state index is 13.8. The Balaban J connectivity index is 1.57. The number of nitrogens with zero attached hydrogens (tertiary/aromatic N) is 3. The fourth-order valence-corrected chi connectivity index (χ4v) is 4.94. The molecule has 0 aliphatic carbocycles. The lowest BCUT2D eigenvalue weighted by atomic mass is 10.1. The minimum Gasteiger partial charge on any atom is -0.361 e. The normalized spacial score (nSPS) is 11.1. The third-order valence-corrected chi connectivity index (χ3v) is 7.08. The molecule has 9 heteroatoms. The maximum absolute atomic E-state index is 13.8. The molecule has 0 saturated heterocycles. The van der Waals surface area contributed by atoms with Crippen molar-refractivity contribution >= 4 is 40.0 Å². The molecule has 0 radical (unpaired) electrons. The molecule has 3 aromatic carbocycles. The Morgan fingerprint density at radius 2 is 1.75 bits per heavy atom. The van der Waals surface area contributed by atoms with E-state index in [-0.39, 0.29) is 34.6 Å². The van der Waals surface area contributed by atoms with E-state index in [4.69, 9.17) is 11.6 Å². The van der Waals surface area contributed by atoms with Crippen LogP contribution in [0.5, 0.6) is 0 Å². The Bertz CT molecular complexity index is 1510. The zero-order chi connectivity index (χ0) is 28.8. The molecule has 40 heavy (non-hydrogen) atoms. The number of nitro benzene ring substituents is 1. The number of halogens is 1. The molecular weight excluding hydrogens is 528 g/mol. The highest BCUT2D eigenvalue weighted by atomic mass is 35.5. The summed E-state index contributed by atoms with van der Waals surface area (Å²) < 4.78 is 0. The number of para-hydroxylation sites is 1. The van der Waals surface area contributed by atoms with E-state index in [2.05, 4.69) is 11.1 Å². The summed E-state index contributed by atoms with van der Waals surface area (Å²) in [5.41, 5.74) is 4.22. The molecular formula is C31H33ClN4O4. The molecule has 4 rings (SSSR count). The number of hydrogen-bond acceptors (Lipinski definition) is 4. The maximum Gasteiger partial charge on any atom is 0.270 e. The first-order valence-corrected chi connectivity index (χ1v) is 13.6. The molecule has 8 nitrogen and oxygen atoms in total. The lowest BCUT2D eigenvalue weighted by Gasteiger charge is -2.29. The summed E-state index contributed by atoms with van der Waals surface area (Å²) in [5, 5.41) is 12.2. The van der Waals surface area contributed by atoms with Crippen LogP contribution in [0.4, 0.5) is 5.69 Å². The molecule has 0 aliphatic heterocycles. The smallest absolute Gasteiger partial charge is 0.270 e. The summed E-state index contributed by atoms with van der Waals surface area (Å²) in [7, 11) is 0. The topological polar surface area (TPSA) is 99.6 Å². The van der Waals surface area contributed by atoms with Crippen LogP contribution >= 0.6 is 11.6 Å². The Morgan fingerprint density at radius 1 is 1.02 bits per heavy atom. The van der Waals surface area contributed by atoms with Crippen LogP contribution in [-0.2, 0) is 17.8 Å². The van der Waals surface area contributed by atoms with Crippen LogP contribution in [0.25, 0.3) is 10.9 Å². The lowest BCUT2D eigenvalue weighted by molar-refractivity contribution is -0.384. The van der Waals surface area contributed by atoms with Crippen molar-refractivity contribution < 1.29 is 14.5 Å². The Morgan fingerprint density at radius 3 is 2.42 bits per heavy atom. The van der Waals surface area contributed by atoms with Gasteiger partial charge in [0.05, 0.1) is 15.5 Å². The molecule has 1 N–H and O–H groups in total. The molecule has 0 bridgehead atoms. The largest absolute Gasteiger partial charge is 0.361 e. The zero-order valence-corrected chi connectivity index (χ0v) is 23.6. The zero-order valence-electron chi connectivity index (χ0n) is 22.9. The number of aromatic nitrogens is 1. The van der Waals surface area contributed by atoms with Gasteiger partial charge in [-0.05, 0) is 42.5 Å². The Hall–Kier alpha value is -4.17. The Labute approximate surface area is 238 Å². The quantitative estimate of drug-likeness (QED) is 0.169. The minimum absolute atomic E-state index is 0.0174. The highest BCUT2D eigenvalue weighted by Crippen LogP contribution is 2.24. The highest BCUT2D eigenvalue weighted by Gasteiger charge is 2.26. The first-order valence-electron chi connectivity index (χ1n) is 13.2. The fourth-order valence-electron chi connectivity index (χ4n) is 4.68. The fraction of sp³-hybridized carbons (Fsp3) is 0.290. The van der Waals surface area contributed by atoms with E-state index >= 15 is 0 Å². The predicted molar refractivity (Wildman–Crippen MR) is 157 cm³/mol. The van der Waals surface area contributed by atoms with Crippen LogP contribution < -0.4 is 0 Å². The second-order valence-electron chi connectivity index (χ2n) is 10.4. The van der Waals surface area contributed by atoms with E-state index in [1.165, 1.54) is 17.0 Å². The number of carbonyl (C=O) groups excluding carboxylic acids is 2. The third kappa shape index (κ3) is 7.07. The number of nitro groups is 1. The SMILES string of the molecule is Cc1ccc(CN(CCc2c[nH]c3ccccc23)C(=O)CN(CC(C)C)C(=O)c2ccc([N+](=O)[O-])cc2Cl)cc1. The number of hydrogen-bond donors (Lipinski definition) is 1. The second-order valence-corrected chi connectivity index (χ2v) is 10.8. The van der Waals surface area contributed by atoms with Crippen molar-refractivity contribution in [2.45, 2.75) is 33.7 Å². The molecule has 4 aromatic rings. The first-order chi connectivity index (χ1) is 19.1. The van der Waals surface area contributed by atoms with E-state index in [0.717, 1.165) is 33.7 Å². The van der Waals surface area contributed by atoms with E-state index < -0.39 is 10.8 Å². The molecule has 208 valence electrons. The first kappa shape index (κ1) is 28.8. The van der Waals surface area contributed by atoms with Gasteiger partial charge in [0.15, 0.2) is 0 Å². The van der Waals surface area contributed by atoms with Crippen molar-refractivity contribution in [2.75, 3.05) is 19.6 Å². The van der Waals surface area contributed by atoms with Crippen LogP contribution in [0.2, 0.25) is 5.02 Å². The summed E-state index contributed by atoms with van der Waals surface area (Å²) in [6.45, 7) is 7.01. The average molecular weight is 561 g/mol. The molecule has 0 unspecified atom stereocenters. The van der Waals surface area contributed by atoms with Gasteiger partial charge in [-0.2, -0.15) is 0 Å². The molecule has 1 heterocycles. The number of rotatable bonds is 11. The number of H-pyrrole nitrogens is 1. The molecule has 2 amide bonds. The standard InChI is InChI=1S/C31H33ClN4O4/c1-21(2)18-35(31(38)27-13-12-25(36(39)40)16-28(27)32)20-30(37)34(19-23-10-8-22(3)9-11-23)15-14-24-17-33-29-7-5-4-6-26(24)29/h4-13,16-17,21,33H,14-15,18-20H2,1-3H3. The summed E-state index contributed by atoms with van der Waals surface area (Å²) in [4.78, 5) is 44.4. The van der Waals surface area contributed by atoms with Crippen LogP contribution in [0.1, 0.15) is 40.9 Å². The van der Waals surface area contributed by atoms with Gasteiger partial charge in [0.1, 0.15) is 6.54 Å². The van der Waals surface area contributed by atoms with Crippen molar-refractivity contribution in [3.8, 4) is 0 Å². The molecule has 1 aromatic heterocycles. The van der Waals surface area contributed by atoms with Crippen molar-refractivity contribution in [3.05, 3.63) is 110 Å². The summed E-state index contributed by atoms with van der Waals surface area (Å²) >= 11 is 6.27. The van der Waals surface area contributed by atoms with Crippen LogP contribution in [0.3, 0.4) is 0 Å². The molecule has 0 aliphatic rings. The number of amides is 2. The number of nitrogens with one attached hydrogen (secondary N) is 1. The van der Waals surface area contributed by atoms with Crippen molar-refractivity contribution in [1.82, 2.24) is 14.8 Å². The van der Waals surface area contributed by atoms with Gasteiger partial charge in [0.2, 0.25) is 5.91 Å². The molecule has 0 saturated carbocycles. The van der Waals surface area contributed by atoms with E-state index in [9.17, 15) is 19.7 Å². The van der Waals surface area contributed by atoms with Gasteiger partial charge in [-0.25, -0.2) is 0 Å². The van der Waals surface area contributed by atoms with Crippen LogP contribution in [-0.4, -0.2) is 51.2 Å². The van der Waals surface area contributed by atoms with E-state index in [1.54, 1.807) is 4.90 Å². The van der Waals surface area contributed by atoms with Gasteiger partial charge in [0.25, 0.3) is 11.6 Å². The number of benzene rings is 3. The summed E-state index contributed by atoms with van der Waals surface area (Å²) in [6, 6.07) is 19.9. The van der Waals surface area contributed by atoms with Crippen molar-refractivity contribution in [3.63, 3.8) is 0 Å². The number of carbonyl (C=O) groups is 2. The average Bonchev–Trinajstić information content (AvgIpc) is 3.34. The molecule has 0 atom stereocenters. The predicted octanol–water partition coefficient (Wildman–Crippen LogP) is 6.41. The minimum atomic E-state index is -0.563. The Kier molecular flexibility index (Phi) is 9.22. The number of non-ortho nitro benzene ring substituents is 1. The summed E-state index contributed by atoms with van der Waals surface area (Å²) in [5.74, 6) is -0.536. The van der Waals surface area contributed by atoms with Gasteiger partial charge in [-0.15, -0.1) is 0 Å². The van der Waals surface area contributed by atoms with Crippen molar-refractivity contribution in [1.29, 1.82) is 0 Å². The molecule has 0 spiro atoms. The van der Waals surface area contributed by atoms with Gasteiger partial charge in [-0.1, -0.05) is 73.5 Å². The third-order valence-electron chi connectivity index (χ3n) is 6.77. The van der Waals surface area contributed by atoms with E-state index in [0.29, 0.717) is 26.1 Å².